The van der Waals surface area contributed by atoms with Crippen molar-refractivity contribution in [3.05, 3.63) is 71.5 Å². The van der Waals surface area contributed by atoms with Gasteiger partial charge in [-0.15, -0.1) is 10.2 Å². The highest BCUT2D eigenvalue weighted by atomic mass is 32.2. The van der Waals surface area contributed by atoms with Crippen molar-refractivity contribution in [2.75, 3.05) is 12.9 Å². The van der Waals surface area contributed by atoms with Crippen molar-refractivity contribution in [2.45, 2.75) is 25.4 Å². The zero-order chi connectivity index (χ0) is 19.1. The van der Waals surface area contributed by atoms with Gasteiger partial charge in [0, 0.05) is 6.42 Å². The molecule has 0 bridgehead atoms. The predicted octanol–water partition coefficient (Wildman–Crippen LogP) is 4.51. The highest BCUT2D eigenvalue weighted by molar-refractivity contribution is 7.98. The van der Waals surface area contributed by atoms with Crippen molar-refractivity contribution in [2.24, 2.45) is 11.0 Å². The van der Waals surface area contributed by atoms with Gasteiger partial charge in [-0.25, -0.2) is 0 Å². The standard InChI is InChI=1S/C21H24N4OS/c1-16(2)15-26-19-11-7-10-18(12-19)14-22-25-20(23-24-21(25)27-3)13-17-8-5-4-6-9-17/h4-12,14,16H,13,15H2,1-3H3/b22-14-. The largest absolute Gasteiger partial charge is 0.493 e. The van der Waals surface area contributed by atoms with Crippen LogP contribution in [-0.4, -0.2) is 34.0 Å². The Kier molecular flexibility index (Phi) is 6.65. The van der Waals surface area contributed by atoms with E-state index in [9.17, 15) is 0 Å². The summed E-state index contributed by atoms with van der Waals surface area (Å²) in [6, 6.07) is 18.2. The number of hydrogen-bond donors (Lipinski definition) is 0. The van der Waals surface area contributed by atoms with E-state index in [0.717, 1.165) is 22.3 Å². The summed E-state index contributed by atoms with van der Waals surface area (Å²) < 4.78 is 7.60. The molecule has 27 heavy (non-hydrogen) atoms. The number of rotatable bonds is 8. The molecule has 0 aliphatic rings. The zero-order valence-corrected chi connectivity index (χ0v) is 16.7. The number of hydrogen-bond acceptors (Lipinski definition) is 5. The minimum atomic E-state index is 0.490. The summed E-state index contributed by atoms with van der Waals surface area (Å²) in [5.41, 5.74) is 2.15. The highest BCUT2D eigenvalue weighted by Gasteiger charge is 2.11. The molecule has 0 unspecified atom stereocenters. The third kappa shape index (κ3) is 5.44. The van der Waals surface area contributed by atoms with Crippen LogP contribution in [0.15, 0.2) is 64.9 Å². The normalized spacial score (nSPS) is 11.4. The molecule has 6 heteroatoms. The van der Waals surface area contributed by atoms with Gasteiger partial charge in [0.2, 0.25) is 5.16 Å². The molecular weight excluding hydrogens is 356 g/mol. The average molecular weight is 381 g/mol. The van der Waals surface area contributed by atoms with Crippen molar-refractivity contribution in [3.63, 3.8) is 0 Å². The summed E-state index contributed by atoms with van der Waals surface area (Å²) >= 11 is 1.53. The highest BCUT2D eigenvalue weighted by Crippen LogP contribution is 2.17. The molecule has 0 saturated heterocycles. The second-order valence-electron chi connectivity index (χ2n) is 6.60. The smallest absolute Gasteiger partial charge is 0.211 e. The average Bonchev–Trinajstić information content (AvgIpc) is 3.07. The van der Waals surface area contributed by atoms with Crippen molar-refractivity contribution in [3.8, 4) is 5.75 Å². The molecule has 2 aromatic carbocycles. The van der Waals surface area contributed by atoms with E-state index in [2.05, 4.69) is 41.3 Å². The van der Waals surface area contributed by atoms with Gasteiger partial charge in [0.05, 0.1) is 12.8 Å². The molecule has 0 fully saturated rings. The Balaban J connectivity index is 1.80. The Hall–Kier alpha value is -2.60. The van der Waals surface area contributed by atoms with Crippen LogP contribution in [0.3, 0.4) is 0 Å². The fraction of sp³-hybridized carbons (Fsp3) is 0.286. The van der Waals surface area contributed by atoms with Crippen molar-refractivity contribution < 1.29 is 4.74 Å². The summed E-state index contributed by atoms with van der Waals surface area (Å²) in [4.78, 5) is 0. The topological polar surface area (TPSA) is 52.3 Å². The van der Waals surface area contributed by atoms with Crippen molar-refractivity contribution in [1.29, 1.82) is 0 Å². The first-order chi connectivity index (χ1) is 13.2. The number of thioether (sulfide) groups is 1. The SMILES string of the molecule is CSc1nnc(Cc2ccccc2)n1/N=C\c1cccc(OCC(C)C)c1. The lowest BCUT2D eigenvalue weighted by Crippen LogP contribution is -2.04. The van der Waals surface area contributed by atoms with Crippen molar-refractivity contribution in [1.82, 2.24) is 14.9 Å². The Morgan fingerprint density at radius 1 is 1.11 bits per heavy atom. The van der Waals surface area contributed by atoms with Crippen LogP contribution in [0.1, 0.15) is 30.8 Å². The van der Waals surface area contributed by atoms with Gasteiger partial charge < -0.3 is 4.74 Å². The van der Waals surface area contributed by atoms with Gasteiger partial charge >= 0.3 is 0 Å². The lowest BCUT2D eigenvalue weighted by atomic mass is 10.1. The quantitative estimate of drug-likeness (QED) is 0.426. The number of nitrogens with zero attached hydrogens (tertiary/aromatic N) is 4. The summed E-state index contributed by atoms with van der Waals surface area (Å²) in [5, 5.41) is 14.0. The van der Waals surface area contributed by atoms with E-state index in [1.54, 1.807) is 4.68 Å². The molecule has 0 aliphatic carbocycles. The monoisotopic (exact) mass is 380 g/mol. The summed E-state index contributed by atoms with van der Waals surface area (Å²) in [7, 11) is 0. The lowest BCUT2D eigenvalue weighted by Gasteiger charge is -2.09. The van der Waals surface area contributed by atoms with Crippen LogP contribution < -0.4 is 4.74 Å². The van der Waals surface area contributed by atoms with Gasteiger partial charge in [0.25, 0.3) is 0 Å². The summed E-state index contributed by atoms with van der Waals surface area (Å²) in [5.74, 6) is 2.16. The van der Waals surface area contributed by atoms with E-state index in [4.69, 9.17) is 4.74 Å². The maximum Gasteiger partial charge on any atom is 0.211 e. The Labute approximate surface area is 164 Å². The van der Waals surface area contributed by atoms with Crippen molar-refractivity contribution >= 4 is 18.0 Å². The number of benzene rings is 2. The van der Waals surface area contributed by atoms with Gasteiger partial charge in [0.1, 0.15) is 5.75 Å². The molecule has 0 aliphatic heterocycles. The molecule has 0 spiro atoms. The fourth-order valence-corrected chi connectivity index (χ4v) is 2.95. The van der Waals surface area contributed by atoms with Crippen LogP contribution in [0.5, 0.6) is 5.75 Å². The molecule has 3 aromatic rings. The van der Waals surface area contributed by atoms with Crippen LogP contribution in [0.2, 0.25) is 0 Å². The Morgan fingerprint density at radius 3 is 2.67 bits per heavy atom. The van der Waals surface area contributed by atoms with Gasteiger partial charge in [-0.05, 0) is 35.4 Å². The molecule has 140 valence electrons. The van der Waals surface area contributed by atoms with Gasteiger partial charge in [0.15, 0.2) is 5.82 Å². The fourth-order valence-electron chi connectivity index (χ4n) is 2.50. The van der Waals surface area contributed by atoms with E-state index in [0.29, 0.717) is 18.9 Å². The molecule has 0 saturated carbocycles. The maximum absolute atomic E-state index is 5.80. The first kappa shape index (κ1) is 19.2. The lowest BCUT2D eigenvalue weighted by molar-refractivity contribution is 0.271. The minimum absolute atomic E-state index is 0.490. The second kappa shape index (κ2) is 9.37. The molecule has 0 N–H and O–H groups in total. The van der Waals surface area contributed by atoms with E-state index in [-0.39, 0.29) is 0 Å². The third-order valence-electron chi connectivity index (χ3n) is 3.83. The zero-order valence-electron chi connectivity index (χ0n) is 15.9. The third-order valence-corrected chi connectivity index (χ3v) is 4.45. The van der Waals surface area contributed by atoms with Gasteiger partial charge in [-0.3, -0.25) is 0 Å². The molecule has 0 atom stereocenters. The second-order valence-corrected chi connectivity index (χ2v) is 7.37. The maximum atomic E-state index is 5.80. The van der Waals surface area contributed by atoms with Crippen LogP contribution in [0.4, 0.5) is 0 Å². The molecule has 3 rings (SSSR count). The summed E-state index contributed by atoms with van der Waals surface area (Å²) in [6.45, 7) is 4.97. The first-order valence-electron chi connectivity index (χ1n) is 8.95. The Bertz CT molecular complexity index is 890. The van der Waals surface area contributed by atoms with Gasteiger partial charge in [-0.2, -0.15) is 9.78 Å². The van der Waals surface area contributed by atoms with E-state index in [1.165, 1.54) is 17.3 Å². The first-order valence-corrected chi connectivity index (χ1v) is 10.2. The minimum Gasteiger partial charge on any atom is -0.493 e. The number of ether oxygens (including phenoxy) is 1. The van der Waals surface area contributed by atoms with E-state index < -0.39 is 0 Å². The molecule has 5 nitrogen and oxygen atoms in total. The Morgan fingerprint density at radius 2 is 1.93 bits per heavy atom. The number of aromatic nitrogens is 3. The molecule has 0 radical (unpaired) electrons. The van der Waals surface area contributed by atoms with Crippen LogP contribution >= 0.6 is 11.8 Å². The van der Waals surface area contributed by atoms with Gasteiger partial charge in [-0.1, -0.05) is 68.1 Å². The predicted molar refractivity (Wildman–Crippen MR) is 111 cm³/mol. The molecule has 1 heterocycles. The van der Waals surface area contributed by atoms with E-state index >= 15 is 0 Å². The van der Waals surface area contributed by atoms with Crippen LogP contribution in [0.25, 0.3) is 0 Å². The molecular formula is C21H24N4OS. The molecule has 1 aromatic heterocycles. The van der Waals surface area contributed by atoms with E-state index in [1.807, 2.05) is 54.9 Å². The van der Waals surface area contributed by atoms with Crippen LogP contribution in [0, 0.1) is 5.92 Å². The molecule has 0 amide bonds. The summed E-state index contributed by atoms with van der Waals surface area (Å²) in [6.07, 6.45) is 4.48. The van der Waals surface area contributed by atoms with Crippen LogP contribution in [-0.2, 0) is 6.42 Å².